The molecule has 140 valence electrons. The SMILES string of the molecule is Cc1cc(C)c(NC(=O)Cn2ncn3nc4c(c3c2=O)CCCC4)c(C)c1. The third kappa shape index (κ3) is 3.13. The molecule has 0 unspecified atom stereocenters. The number of nitrogens with zero attached hydrogens (tertiary/aromatic N) is 4. The van der Waals surface area contributed by atoms with E-state index in [9.17, 15) is 9.59 Å². The highest BCUT2D eigenvalue weighted by Crippen LogP contribution is 2.23. The predicted octanol–water partition coefficient (Wildman–Crippen LogP) is 2.33. The Kier molecular flexibility index (Phi) is 4.30. The average molecular weight is 365 g/mol. The first kappa shape index (κ1) is 17.5. The standard InChI is InChI=1S/C20H23N5O2/c1-12-8-13(2)18(14(3)9-12)22-17(26)10-24-20(27)19-15-6-4-5-7-16(15)23-25(19)11-21-24/h8-9,11H,4-7,10H2,1-3H3,(H,22,26). The molecule has 0 saturated carbocycles. The summed E-state index contributed by atoms with van der Waals surface area (Å²) in [4.78, 5) is 25.4. The molecule has 0 atom stereocenters. The normalized spacial score (nSPS) is 13.6. The van der Waals surface area contributed by atoms with Crippen molar-refractivity contribution < 1.29 is 4.79 Å². The number of nitrogens with one attached hydrogen (secondary N) is 1. The number of hydrogen-bond donors (Lipinski definition) is 1. The number of carbonyl (C=O) groups is 1. The molecule has 2 heterocycles. The number of carbonyl (C=O) groups excluding carboxylic acids is 1. The minimum absolute atomic E-state index is 0.123. The molecule has 1 aliphatic carbocycles. The lowest BCUT2D eigenvalue weighted by atomic mass is 9.97. The summed E-state index contributed by atoms with van der Waals surface area (Å²) in [7, 11) is 0. The van der Waals surface area contributed by atoms with Gasteiger partial charge in [-0.1, -0.05) is 17.7 Å². The molecule has 0 radical (unpaired) electrons. The lowest BCUT2D eigenvalue weighted by molar-refractivity contribution is -0.117. The van der Waals surface area contributed by atoms with Crippen LogP contribution < -0.4 is 10.9 Å². The molecule has 1 amide bonds. The molecule has 0 fully saturated rings. The van der Waals surface area contributed by atoms with E-state index < -0.39 is 0 Å². The van der Waals surface area contributed by atoms with E-state index in [-0.39, 0.29) is 18.0 Å². The van der Waals surface area contributed by atoms with Gasteiger partial charge in [-0.2, -0.15) is 10.2 Å². The highest BCUT2D eigenvalue weighted by atomic mass is 16.2. The Hall–Kier alpha value is -2.96. The van der Waals surface area contributed by atoms with Crippen LogP contribution in [0.5, 0.6) is 0 Å². The van der Waals surface area contributed by atoms with Crippen molar-refractivity contribution in [1.82, 2.24) is 19.4 Å². The molecule has 0 aliphatic heterocycles. The third-order valence-corrected chi connectivity index (χ3v) is 5.15. The number of rotatable bonds is 3. The highest BCUT2D eigenvalue weighted by molar-refractivity contribution is 5.92. The molecule has 1 N–H and O–H groups in total. The Morgan fingerprint density at radius 2 is 1.85 bits per heavy atom. The number of benzene rings is 1. The molecule has 4 rings (SSSR count). The summed E-state index contributed by atoms with van der Waals surface area (Å²) in [6, 6.07) is 4.05. The van der Waals surface area contributed by atoms with Crippen molar-refractivity contribution in [3.8, 4) is 0 Å². The molecular weight excluding hydrogens is 342 g/mol. The van der Waals surface area contributed by atoms with Gasteiger partial charge in [0.1, 0.15) is 18.4 Å². The summed E-state index contributed by atoms with van der Waals surface area (Å²) >= 11 is 0. The highest BCUT2D eigenvalue weighted by Gasteiger charge is 2.20. The minimum atomic E-state index is -0.266. The minimum Gasteiger partial charge on any atom is -0.324 e. The van der Waals surface area contributed by atoms with E-state index in [4.69, 9.17) is 0 Å². The van der Waals surface area contributed by atoms with Crippen molar-refractivity contribution in [2.75, 3.05) is 5.32 Å². The van der Waals surface area contributed by atoms with Gasteiger partial charge in [0.15, 0.2) is 0 Å². The number of amides is 1. The van der Waals surface area contributed by atoms with Crippen LogP contribution in [-0.2, 0) is 24.2 Å². The summed E-state index contributed by atoms with van der Waals surface area (Å²) in [5, 5.41) is 11.5. The second-order valence-electron chi connectivity index (χ2n) is 7.34. The second-order valence-corrected chi connectivity index (χ2v) is 7.34. The molecule has 27 heavy (non-hydrogen) atoms. The van der Waals surface area contributed by atoms with Gasteiger partial charge >= 0.3 is 0 Å². The van der Waals surface area contributed by atoms with E-state index in [0.29, 0.717) is 5.52 Å². The van der Waals surface area contributed by atoms with Gasteiger partial charge in [0.25, 0.3) is 5.56 Å². The van der Waals surface area contributed by atoms with Gasteiger partial charge in [0.05, 0.1) is 5.69 Å². The van der Waals surface area contributed by atoms with Crippen LogP contribution in [0.1, 0.15) is 40.8 Å². The summed E-state index contributed by atoms with van der Waals surface area (Å²) < 4.78 is 2.78. The fourth-order valence-corrected chi connectivity index (χ4v) is 3.97. The van der Waals surface area contributed by atoms with Crippen molar-refractivity contribution in [3.05, 3.63) is 56.8 Å². The first-order chi connectivity index (χ1) is 12.9. The number of anilines is 1. The zero-order valence-corrected chi connectivity index (χ0v) is 15.9. The van der Waals surface area contributed by atoms with Gasteiger partial charge in [-0.3, -0.25) is 9.59 Å². The molecule has 2 aromatic heterocycles. The number of hydrogen-bond acceptors (Lipinski definition) is 4. The van der Waals surface area contributed by atoms with Crippen molar-refractivity contribution >= 4 is 17.1 Å². The Labute approximate surface area is 157 Å². The maximum Gasteiger partial charge on any atom is 0.293 e. The molecule has 7 nitrogen and oxygen atoms in total. The van der Waals surface area contributed by atoms with E-state index in [1.54, 1.807) is 4.52 Å². The van der Waals surface area contributed by atoms with Crippen LogP contribution in [-0.4, -0.2) is 25.3 Å². The van der Waals surface area contributed by atoms with Crippen LogP contribution in [0.15, 0.2) is 23.3 Å². The fraction of sp³-hybridized carbons (Fsp3) is 0.400. The van der Waals surface area contributed by atoms with E-state index in [1.165, 1.54) is 11.0 Å². The second kappa shape index (κ2) is 6.64. The largest absolute Gasteiger partial charge is 0.324 e. The Morgan fingerprint density at radius 3 is 2.59 bits per heavy atom. The van der Waals surface area contributed by atoms with Crippen molar-refractivity contribution in [3.63, 3.8) is 0 Å². The zero-order chi connectivity index (χ0) is 19.1. The summed E-state index contributed by atoms with van der Waals surface area (Å²) in [6.07, 6.45) is 5.42. The summed E-state index contributed by atoms with van der Waals surface area (Å²) in [5.41, 5.74) is 6.22. The lowest BCUT2D eigenvalue weighted by Gasteiger charge is -2.13. The fourth-order valence-electron chi connectivity index (χ4n) is 3.97. The van der Waals surface area contributed by atoms with Crippen molar-refractivity contribution in [1.29, 1.82) is 0 Å². The van der Waals surface area contributed by atoms with Crippen LogP contribution in [0.2, 0.25) is 0 Å². The van der Waals surface area contributed by atoms with Crippen LogP contribution in [0.4, 0.5) is 5.69 Å². The quantitative estimate of drug-likeness (QED) is 0.772. The van der Waals surface area contributed by atoms with E-state index in [1.807, 2.05) is 32.9 Å². The molecule has 7 heteroatoms. The topological polar surface area (TPSA) is 81.3 Å². The summed E-state index contributed by atoms with van der Waals surface area (Å²) in [6.45, 7) is 5.83. The number of fused-ring (bicyclic) bond motifs is 3. The maximum absolute atomic E-state index is 12.9. The molecule has 0 spiro atoms. The third-order valence-electron chi connectivity index (χ3n) is 5.15. The molecular formula is C20H23N5O2. The van der Waals surface area contributed by atoms with Crippen LogP contribution in [0.25, 0.3) is 5.52 Å². The van der Waals surface area contributed by atoms with Gasteiger partial charge in [-0.15, -0.1) is 0 Å². The van der Waals surface area contributed by atoms with Crippen molar-refractivity contribution in [2.24, 2.45) is 0 Å². The first-order valence-corrected chi connectivity index (χ1v) is 9.28. The van der Waals surface area contributed by atoms with Crippen LogP contribution in [0, 0.1) is 20.8 Å². The van der Waals surface area contributed by atoms with Gasteiger partial charge < -0.3 is 5.32 Å². The molecule has 0 saturated heterocycles. The van der Waals surface area contributed by atoms with Gasteiger partial charge in [-0.25, -0.2) is 9.20 Å². The van der Waals surface area contributed by atoms with Gasteiger partial charge in [0.2, 0.25) is 5.91 Å². The summed E-state index contributed by atoms with van der Waals surface area (Å²) in [5.74, 6) is -0.266. The molecule has 1 aromatic carbocycles. The lowest BCUT2D eigenvalue weighted by Crippen LogP contribution is -2.31. The van der Waals surface area contributed by atoms with Crippen LogP contribution in [0.3, 0.4) is 0 Å². The van der Waals surface area contributed by atoms with Crippen LogP contribution >= 0.6 is 0 Å². The molecule has 3 aromatic rings. The Morgan fingerprint density at radius 1 is 1.15 bits per heavy atom. The first-order valence-electron chi connectivity index (χ1n) is 9.28. The predicted molar refractivity (Wildman–Crippen MR) is 103 cm³/mol. The van der Waals surface area contributed by atoms with Gasteiger partial charge in [-0.05, 0) is 57.6 Å². The monoisotopic (exact) mass is 365 g/mol. The van der Waals surface area contributed by atoms with E-state index in [0.717, 1.165) is 59.3 Å². The average Bonchev–Trinajstić information content (AvgIpc) is 3.00. The zero-order valence-electron chi connectivity index (χ0n) is 15.9. The Balaban J connectivity index is 1.63. The van der Waals surface area contributed by atoms with Crippen molar-refractivity contribution in [2.45, 2.75) is 53.0 Å². The maximum atomic E-state index is 12.9. The number of aryl methyl sites for hydroxylation is 5. The Bertz CT molecular complexity index is 1090. The smallest absolute Gasteiger partial charge is 0.293 e. The van der Waals surface area contributed by atoms with E-state index >= 15 is 0 Å². The van der Waals surface area contributed by atoms with E-state index in [2.05, 4.69) is 15.5 Å². The number of aromatic nitrogens is 4. The molecule has 0 bridgehead atoms. The molecule has 1 aliphatic rings. The van der Waals surface area contributed by atoms with Gasteiger partial charge in [0, 0.05) is 11.3 Å².